The van der Waals surface area contributed by atoms with Gasteiger partial charge in [-0.1, -0.05) is 13.8 Å². The summed E-state index contributed by atoms with van der Waals surface area (Å²) in [7, 11) is 0. The Morgan fingerprint density at radius 1 is 1.30 bits per heavy atom. The Labute approximate surface area is 127 Å². The Bertz CT molecular complexity index is 482. The van der Waals surface area contributed by atoms with Gasteiger partial charge >= 0.3 is 0 Å². The van der Waals surface area contributed by atoms with Crippen LogP contribution in [0, 0.1) is 0 Å². The number of nitrogen functional groups attached to an aromatic ring is 1. The lowest BCUT2D eigenvalue weighted by Crippen LogP contribution is -2.25. The Morgan fingerprint density at radius 3 is 2.90 bits per heavy atom. The number of hydrogen-bond donors (Lipinski definition) is 2. The van der Waals surface area contributed by atoms with E-state index in [0.29, 0.717) is 22.4 Å². The van der Waals surface area contributed by atoms with E-state index in [1.807, 2.05) is 23.5 Å². The molecule has 2 aliphatic rings. The average molecular weight is 312 g/mol. The van der Waals surface area contributed by atoms with Crippen LogP contribution in [0.5, 0.6) is 0 Å². The Balaban J connectivity index is 1.90. The molecule has 20 heavy (non-hydrogen) atoms. The Morgan fingerprint density at radius 2 is 2.15 bits per heavy atom. The van der Waals surface area contributed by atoms with E-state index in [-0.39, 0.29) is 0 Å². The number of thioether (sulfide) groups is 2. The highest BCUT2D eigenvalue weighted by atomic mass is 32.2. The number of fused-ring (bicyclic) bond motifs is 1. The fourth-order valence-electron chi connectivity index (χ4n) is 2.43. The zero-order chi connectivity index (χ0) is 14.1. The first-order valence-corrected chi connectivity index (χ1v) is 8.89. The van der Waals surface area contributed by atoms with Gasteiger partial charge in [-0.2, -0.15) is 11.8 Å². The number of aromatic nitrogens is 2. The maximum absolute atomic E-state index is 5.61. The van der Waals surface area contributed by atoms with E-state index in [0.717, 1.165) is 41.7 Å². The third kappa shape index (κ3) is 2.77. The first-order valence-electron chi connectivity index (χ1n) is 6.90. The largest absolute Gasteiger partial charge is 0.376 e. The van der Waals surface area contributed by atoms with Gasteiger partial charge in [0.1, 0.15) is 11.6 Å². The van der Waals surface area contributed by atoms with Gasteiger partial charge in [0, 0.05) is 28.2 Å². The molecule has 3 N–H and O–H groups in total. The van der Waals surface area contributed by atoms with Gasteiger partial charge in [-0.25, -0.2) is 15.8 Å². The second-order valence-corrected chi connectivity index (χ2v) is 8.17. The van der Waals surface area contributed by atoms with Gasteiger partial charge in [-0.05, 0) is 0 Å². The van der Waals surface area contributed by atoms with Gasteiger partial charge in [-0.15, -0.1) is 11.8 Å². The molecule has 1 aromatic heterocycles. The van der Waals surface area contributed by atoms with Crippen LogP contribution in [0.3, 0.4) is 0 Å². The molecule has 0 spiro atoms. The lowest BCUT2D eigenvalue weighted by molar-refractivity contribution is 0.109. The molecule has 0 radical (unpaired) electrons. The molecule has 0 aliphatic carbocycles. The third-order valence-electron chi connectivity index (χ3n) is 3.81. The van der Waals surface area contributed by atoms with Crippen LogP contribution < -0.4 is 11.3 Å². The predicted octanol–water partition coefficient (Wildman–Crippen LogP) is 2.13. The van der Waals surface area contributed by atoms with Crippen LogP contribution in [0.25, 0.3) is 0 Å². The number of hydrazine groups is 1. The summed E-state index contributed by atoms with van der Waals surface area (Å²) in [5.41, 5.74) is 4.81. The Hall–Kier alpha value is -0.500. The maximum atomic E-state index is 5.61. The summed E-state index contributed by atoms with van der Waals surface area (Å²) in [4.78, 5) is 9.41. The van der Waals surface area contributed by atoms with Gasteiger partial charge in [0.15, 0.2) is 0 Å². The molecule has 1 fully saturated rings. The van der Waals surface area contributed by atoms with Crippen molar-refractivity contribution in [3.63, 3.8) is 0 Å². The van der Waals surface area contributed by atoms with Crippen LogP contribution in [0.1, 0.15) is 36.2 Å². The number of nitrogens with one attached hydrogen (secondary N) is 1. The number of nitrogens with two attached hydrogens (primary N) is 1. The number of anilines is 1. The van der Waals surface area contributed by atoms with Crippen molar-refractivity contribution >= 4 is 29.3 Å². The smallest absolute Gasteiger partial charge is 0.149 e. The van der Waals surface area contributed by atoms with Crippen LogP contribution in [0.4, 0.5) is 5.82 Å². The van der Waals surface area contributed by atoms with Crippen LogP contribution in [-0.4, -0.2) is 32.8 Å². The number of ether oxygens (including phenoxy) is 1. The molecule has 1 saturated heterocycles. The van der Waals surface area contributed by atoms with Crippen LogP contribution in [0.2, 0.25) is 0 Å². The standard InChI is InChI=1S/C13H20N4OS2/c1-7-8(2)20-11(6-19-7)13-15-10-3-4-18-5-9(10)12(16-13)17-14/h7-8,11H,3-6,14H2,1-2H3,(H,15,16,17). The molecular weight excluding hydrogens is 292 g/mol. The predicted molar refractivity (Wildman–Crippen MR) is 84.9 cm³/mol. The molecule has 0 bridgehead atoms. The second-order valence-electron chi connectivity index (χ2n) is 5.17. The van der Waals surface area contributed by atoms with Crippen molar-refractivity contribution in [1.82, 2.24) is 9.97 Å². The van der Waals surface area contributed by atoms with E-state index in [1.54, 1.807) is 0 Å². The number of nitrogens with zero attached hydrogens (tertiary/aromatic N) is 2. The molecule has 7 heteroatoms. The van der Waals surface area contributed by atoms with Crippen LogP contribution in [-0.2, 0) is 17.8 Å². The quantitative estimate of drug-likeness (QED) is 0.640. The fraction of sp³-hybridized carbons (Fsp3) is 0.692. The van der Waals surface area contributed by atoms with Crippen molar-refractivity contribution < 1.29 is 4.74 Å². The molecule has 0 saturated carbocycles. The molecule has 1 aromatic rings. The number of hydrogen-bond acceptors (Lipinski definition) is 7. The summed E-state index contributed by atoms with van der Waals surface area (Å²) in [6.07, 6.45) is 0.843. The first-order chi connectivity index (χ1) is 9.69. The van der Waals surface area contributed by atoms with Crippen molar-refractivity contribution in [1.29, 1.82) is 0 Å². The van der Waals surface area contributed by atoms with E-state index in [4.69, 9.17) is 15.6 Å². The zero-order valence-electron chi connectivity index (χ0n) is 11.8. The summed E-state index contributed by atoms with van der Waals surface area (Å²) in [5.74, 6) is 8.31. The van der Waals surface area contributed by atoms with Gasteiger partial charge in [-0.3, -0.25) is 0 Å². The maximum Gasteiger partial charge on any atom is 0.149 e. The minimum Gasteiger partial charge on any atom is -0.376 e. The summed E-state index contributed by atoms with van der Waals surface area (Å²) >= 11 is 3.97. The molecule has 3 unspecified atom stereocenters. The van der Waals surface area contributed by atoms with Crippen molar-refractivity contribution in [2.24, 2.45) is 5.84 Å². The summed E-state index contributed by atoms with van der Waals surface area (Å²) < 4.78 is 5.47. The lowest BCUT2D eigenvalue weighted by atomic mass is 10.1. The van der Waals surface area contributed by atoms with Crippen LogP contribution in [0.15, 0.2) is 0 Å². The molecule has 110 valence electrons. The van der Waals surface area contributed by atoms with Gasteiger partial charge in [0.05, 0.1) is 24.2 Å². The highest BCUT2D eigenvalue weighted by Gasteiger charge is 2.30. The minimum absolute atomic E-state index is 0.353. The molecular formula is C13H20N4OS2. The summed E-state index contributed by atoms with van der Waals surface area (Å²) in [6.45, 7) is 5.85. The molecule has 5 nitrogen and oxygen atoms in total. The van der Waals surface area contributed by atoms with Crippen molar-refractivity contribution in [3.8, 4) is 0 Å². The van der Waals surface area contributed by atoms with Crippen molar-refractivity contribution in [3.05, 3.63) is 17.1 Å². The van der Waals surface area contributed by atoms with Crippen LogP contribution >= 0.6 is 23.5 Å². The number of rotatable bonds is 2. The van der Waals surface area contributed by atoms with E-state index in [2.05, 4.69) is 24.3 Å². The minimum atomic E-state index is 0.353. The molecule has 0 aromatic carbocycles. The van der Waals surface area contributed by atoms with Gasteiger partial charge < -0.3 is 10.2 Å². The average Bonchev–Trinajstić information content (AvgIpc) is 2.49. The Kier molecular flexibility index (Phi) is 4.40. The van der Waals surface area contributed by atoms with Gasteiger partial charge in [0.2, 0.25) is 0 Å². The SMILES string of the molecule is CC1SCC(c2nc3c(c(NN)n2)COCC3)SC1C. The van der Waals surface area contributed by atoms with E-state index >= 15 is 0 Å². The highest BCUT2D eigenvalue weighted by molar-refractivity contribution is 8.07. The second kappa shape index (κ2) is 6.09. The topological polar surface area (TPSA) is 73.1 Å². The highest BCUT2D eigenvalue weighted by Crippen LogP contribution is 2.43. The normalized spacial score (nSPS) is 29.9. The van der Waals surface area contributed by atoms with Crippen molar-refractivity contribution in [2.75, 3.05) is 17.8 Å². The first kappa shape index (κ1) is 14.4. The van der Waals surface area contributed by atoms with Crippen molar-refractivity contribution in [2.45, 2.75) is 42.6 Å². The molecule has 3 heterocycles. The third-order valence-corrected chi connectivity index (χ3v) is 7.20. The zero-order valence-corrected chi connectivity index (χ0v) is 13.4. The molecule has 3 atom stereocenters. The van der Waals surface area contributed by atoms with Gasteiger partial charge in [0.25, 0.3) is 0 Å². The summed E-state index contributed by atoms with van der Waals surface area (Å²) in [6, 6.07) is 0. The van der Waals surface area contributed by atoms with E-state index < -0.39 is 0 Å². The fourth-order valence-corrected chi connectivity index (χ4v) is 5.28. The van der Waals surface area contributed by atoms with E-state index in [9.17, 15) is 0 Å². The molecule has 3 rings (SSSR count). The monoisotopic (exact) mass is 312 g/mol. The summed E-state index contributed by atoms with van der Waals surface area (Å²) in [5, 5.41) is 1.66. The lowest BCUT2D eigenvalue weighted by Gasteiger charge is -2.31. The molecule has 0 amide bonds. The molecule has 2 aliphatic heterocycles. The van der Waals surface area contributed by atoms with E-state index in [1.165, 1.54) is 0 Å².